The third-order valence-electron chi connectivity index (χ3n) is 6.17. The molecule has 0 bridgehead atoms. The van der Waals surface area contributed by atoms with Crippen molar-refractivity contribution in [3.05, 3.63) is 29.0 Å². The molecule has 4 atom stereocenters. The number of hydrogen-bond donors (Lipinski definition) is 0. The molecule has 26 heavy (non-hydrogen) atoms. The zero-order valence-electron chi connectivity index (χ0n) is 15.4. The number of benzene rings is 1. The number of rotatable bonds is 4. The van der Waals surface area contributed by atoms with E-state index in [2.05, 4.69) is 0 Å². The molecule has 1 saturated carbocycles. The number of Topliss-reactive ketones (excluding diaryl/α,β-unsaturated/α-hetero) is 1. The third-order valence-corrected chi connectivity index (χ3v) is 6.78. The minimum Gasteiger partial charge on any atom is -0.493 e. The van der Waals surface area contributed by atoms with Crippen LogP contribution in [-0.2, 0) is 21.4 Å². The van der Waals surface area contributed by atoms with Gasteiger partial charge in [0.05, 0.1) is 39.7 Å². The van der Waals surface area contributed by atoms with Gasteiger partial charge in [-0.2, -0.15) is 0 Å². The van der Waals surface area contributed by atoms with Crippen LogP contribution in [0.1, 0.15) is 24.0 Å². The zero-order chi connectivity index (χ0) is 18.6. The van der Waals surface area contributed by atoms with Crippen molar-refractivity contribution in [3.8, 4) is 17.2 Å². The van der Waals surface area contributed by atoms with Gasteiger partial charge in [-0.05, 0) is 42.9 Å². The molecule has 6 heteroatoms. The van der Waals surface area contributed by atoms with Gasteiger partial charge in [-0.3, -0.25) is 4.79 Å². The van der Waals surface area contributed by atoms with Crippen LogP contribution in [0.2, 0.25) is 0 Å². The van der Waals surface area contributed by atoms with Crippen LogP contribution in [0.15, 0.2) is 17.9 Å². The Morgan fingerprint density at radius 3 is 2.42 bits per heavy atom. The fourth-order valence-electron chi connectivity index (χ4n) is 5.07. The van der Waals surface area contributed by atoms with Gasteiger partial charge < -0.3 is 18.9 Å². The average Bonchev–Trinajstić information content (AvgIpc) is 3.32. The van der Waals surface area contributed by atoms with Gasteiger partial charge in [-0.25, -0.2) is 0 Å². The molecule has 1 spiro atoms. The molecule has 3 unspecified atom stereocenters. The molecule has 1 aromatic carbocycles. The predicted molar refractivity (Wildman–Crippen MR) is 97.4 cm³/mol. The van der Waals surface area contributed by atoms with E-state index in [0.29, 0.717) is 23.0 Å². The topological polar surface area (TPSA) is 54.0 Å². The van der Waals surface area contributed by atoms with Gasteiger partial charge >= 0.3 is 0 Å². The second-order valence-corrected chi connectivity index (χ2v) is 7.56. The summed E-state index contributed by atoms with van der Waals surface area (Å²) in [5.74, 6) is 2.07. The number of aryl methyl sites for hydroxylation is 1. The Bertz CT molecular complexity index is 802. The van der Waals surface area contributed by atoms with Gasteiger partial charge in [0.1, 0.15) is 0 Å². The molecule has 3 aliphatic carbocycles. The molecule has 140 valence electrons. The van der Waals surface area contributed by atoms with Crippen molar-refractivity contribution in [2.75, 3.05) is 28.4 Å². The standard InChI is InChI=1S/C20H23ClO5/c1-23-12-9-11-7-5-6-10-8-13(24-2)17(25-3)18(26-4)14(10)20(11)15(16(12)22)19(20)21/h8-9,11,15,19H,5-7H2,1-4H3/t11-,15?,19?,20?/m0/s1. The van der Waals surface area contributed by atoms with Crippen molar-refractivity contribution in [1.29, 1.82) is 0 Å². The highest BCUT2D eigenvalue weighted by atomic mass is 35.5. The van der Waals surface area contributed by atoms with Crippen LogP contribution in [-0.4, -0.2) is 39.6 Å². The van der Waals surface area contributed by atoms with Crippen LogP contribution in [0, 0.1) is 11.8 Å². The normalized spacial score (nSPS) is 31.7. The van der Waals surface area contributed by atoms with Crippen molar-refractivity contribution in [1.82, 2.24) is 0 Å². The number of carbonyl (C=O) groups excluding carboxylic acids is 1. The largest absolute Gasteiger partial charge is 0.493 e. The molecule has 0 heterocycles. The first kappa shape index (κ1) is 17.5. The number of allylic oxidation sites excluding steroid dienone is 2. The van der Waals surface area contributed by atoms with Crippen LogP contribution in [0.4, 0.5) is 0 Å². The quantitative estimate of drug-likeness (QED) is 0.753. The van der Waals surface area contributed by atoms with E-state index < -0.39 is 5.41 Å². The van der Waals surface area contributed by atoms with E-state index in [1.165, 1.54) is 0 Å². The van der Waals surface area contributed by atoms with E-state index in [1.807, 2.05) is 12.1 Å². The van der Waals surface area contributed by atoms with Gasteiger partial charge in [0.15, 0.2) is 17.3 Å². The number of carbonyl (C=O) groups is 1. The van der Waals surface area contributed by atoms with Crippen LogP contribution in [0.25, 0.3) is 0 Å². The molecule has 1 aromatic rings. The Morgan fingerprint density at radius 2 is 1.81 bits per heavy atom. The highest BCUT2D eigenvalue weighted by Gasteiger charge is 2.75. The maximum absolute atomic E-state index is 12.9. The fourth-order valence-corrected chi connectivity index (χ4v) is 5.72. The molecular weight excluding hydrogens is 356 g/mol. The molecule has 5 nitrogen and oxygen atoms in total. The summed E-state index contributed by atoms with van der Waals surface area (Å²) >= 11 is 6.80. The predicted octanol–water partition coefficient (Wildman–Crippen LogP) is 3.25. The Kier molecular flexibility index (Phi) is 4.10. The van der Waals surface area contributed by atoms with E-state index in [4.69, 9.17) is 30.5 Å². The third kappa shape index (κ3) is 2.01. The van der Waals surface area contributed by atoms with Crippen molar-refractivity contribution in [2.24, 2.45) is 11.8 Å². The average molecular weight is 379 g/mol. The maximum atomic E-state index is 12.9. The molecule has 0 aliphatic heterocycles. The minimum atomic E-state index is -0.461. The van der Waals surface area contributed by atoms with E-state index in [9.17, 15) is 4.79 Å². The Labute approximate surface area is 158 Å². The van der Waals surface area contributed by atoms with Gasteiger partial charge in [-0.15, -0.1) is 11.6 Å². The lowest BCUT2D eigenvalue weighted by molar-refractivity contribution is -0.120. The lowest BCUT2D eigenvalue weighted by Crippen LogP contribution is -2.31. The highest BCUT2D eigenvalue weighted by Crippen LogP contribution is 2.70. The van der Waals surface area contributed by atoms with E-state index in [-0.39, 0.29) is 23.0 Å². The second-order valence-electron chi connectivity index (χ2n) is 7.09. The van der Waals surface area contributed by atoms with Gasteiger partial charge in [0, 0.05) is 11.0 Å². The number of ether oxygens (including phenoxy) is 4. The molecule has 0 saturated heterocycles. The fraction of sp³-hybridized carbons (Fsp3) is 0.550. The number of fused-ring (bicyclic) bond motifs is 1. The number of methoxy groups -OCH3 is 4. The first-order valence-electron chi connectivity index (χ1n) is 8.82. The summed E-state index contributed by atoms with van der Waals surface area (Å²) in [5, 5.41) is -0.284. The second kappa shape index (κ2) is 6.08. The van der Waals surface area contributed by atoms with Gasteiger partial charge in [0.2, 0.25) is 11.5 Å². The lowest BCUT2D eigenvalue weighted by Gasteiger charge is -2.31. The zero-order valence-corrected chi connectivity index (χ0v) is 16.2. The Balaban J connectivity index is 2.00. The molecule has 0 aromatic heterocycles. The summed E-state index contributed by atoms with van der Waals surface area (Å²) in [7, 11) is 6.37. The van der Waals surface area contributed by atoms with Crippen LogP contribution < -0.4 is 14.2 Å². The molecule has 0 N–H and O–H groups in total. The summed E-state index contributed by atoms with van der Waals surface area (Å²) < 4.78 is 22.2. The van der Waals surface area contributed by atoms with Crippen LogP contribution in [0.5, 0.6) is 17.2 Å². The van der Waals surface area contributed by atoms with Crippen LogP contribution in [0.3, 0.4) is 0 Å². The Hall–Kier alpha value is -1.88. The number of alkyl halides is 1. The maximum Gasteiger partial charge on any atom is 0.203 e. The van der Waals surface area contributed by atoms with Crippen molar-refractivity contribution in [3.63, 3.8) is 0 Å². The number of hydrogen-bond acceptors (Lipinski definition) is 5. The molecule has 4 rings (SSSR count). The summed E-state index contributed by atoms with van der Waals surface area (Å²) in [6, 6.07) is 2.01. The van der Waals surface area contributed by atoms with Gasteiger partial charge in [-0.1, -0.05) is 0 Å². The van der Waals surface area contributed by atoms with Crippen molar-refractivity contribution in [2.45, 2.75) is 30.1 Å². The molecule has 1 fully saturated rings. The van der Waals surface area contributed by atoms with E-state index >= 15 is 0 Å². The highest BCUT2D eigenvalue weighted by molar-refractivity contribution is 6.28. The van der Waals surface area contributed by atoms with Crippen LogP contribution >= 0.6 is 11.6 Å². The van der Waals surface area contributed by atoms with Crippen molar-refractivity contribution >= 4 is 17.4 Å². The lowest BCUT2D eigenvalue weighted by atomic mass is 9.74. The minimum absolute atomic E-state index is 0.0200. The SMILES string of the molecule is COC1=C[C@@H]2CCCc3cc(OC)c(OC)c(OC)c3C23C(Cl)C3C1=O. The van der Waals surface area contributed by atoms with Gasteiger partial charge in [0.25, 0.3) is 0 Å². The molecule has 0 amide bonds. The molecular formula is C20H23ClO5. The Morgan fingerprint density at radius 1 is 1.08 bits per heavy atom. The summed E-state index contributed by atoms with van der Waals surface area (Å²) in [6.07, 6.45) is 4.79. The monoisotopic (exact) mass is 378 g/mol. The first-order chi connectivity index (χ1) is 12.6. The van der Waals surface area contributed by atoms with E-state index in [1.54, 1.807) is 28.4 Å². The number of halogens is 1. The summed E-state index contributed by atoms with van der Waals surface area (Å²) in [6.45, 7) is 0. The molecule has 3 aliphatic rings. The summed E-state index contributed by atoms with van der Waals surface area (Å²) in [4.78, 5) is 12.9. The molecule has 0 radical (unpaired) electrons. The number of ketones is 1. The smallest absolute Gasteiger partial charge is 0.203 e. The summed E-state index contributed by atoms with van der Waals surface area (Å²) in [5.41, 5.74) is 1.67. The first-order valence-corrected chi connectivity index (χ1v) is 9.26. The van der Waals surface area contributed by atoms with E-state index in [0.717, 1.165) is 30.4 Å². The van der Waals surface area contributed by atoms with Crippen molar-refractivity contribution < 1.29 is 23.7 Å².